The third-order valence-electron chi connectivity index (χ3n) is 2.11. The highest BCUT2D eigenvalue weighted by Gasteiger charge is 2.31. The number of urea groups is 1. The molecule has 0 aromatic carbocycles. The second-order valence-electron chi connectivity index (χ2n) is 3.05. The number of thiophene rings is 1. The smallest absolute Gasteiger partial charge is 0.303 e. The zero-order valence-corrected chi connectivity index (χ0v) is 9.00. The van der Waals surface area contributed by atoms with Gasteiger partial charge in [0.15, 0.2) is 0 Å². The Balaban J connectivity index is 2.26. The molecular weight excluding hydrogens is 212 g/mol. The van der Waals surface area contributed by atoms with Gasteiger partial charge in [0, 0.05) is 11.4 Å². The van der Waals surface area contributed by atoms with Crippen LogP contribution < -0.4 is 5.32 Å². The third-order valence-corrected chi connectivity index (χ3v) is 2.93. The van der Waals surface area contributed by atoms with Gasteiger partial charge in [0.2, 0.25) is 0 Å². The maximum absolute atomic E-state index is 11.7. The number of carbonyl (C=O) groups is 2. The van der Waals surface area contributed by atoms with E-state index in [1.54, 1.807) is 13.0 Å². The Kier molecular flexibility index (Phi) is 2.55. The summed E-state index contributed by atoms with van der Waals surface area (Å²) in [7, 11) is 0. The highest BCUT2D eigenvalue weighted by atomic mass is 32.1. The van der Waals surface area contributed by atoms with Crippen LogP contribution >= 0.6 is 11.3 Å². The lowest BCUT2D eigenvalue weighted by atomic mass is 10.3. The van der Waals surface area contributed by atoms with Gasteiger partial charge < -0.3 is 5.32 Å². The summed E-state index contributed by atoms with van der Waals surface area (Å²) in [5.41, 5.74) is 0.351. The van der Waals surface area contributed by atoms with Crippen LogP contribution in [0.5, 0.6) is 0 Å². The summed E-state index contributed by atoms with van der Waals surface area (Å²) in [5, 5.41) is 4.47. The van der Waals surface area contributed by atoms with Crippen LogP contribution in [0, 0.1) is 0 Å². The molecule has 4 nitrogen and oxygen atoms in total. The standard InChI is InChI=1S/C10H10N2O2S/c1-2-12-9(13)8(11-10(12)14)6-7-4-3-5-15-7/h3-6H,2H2,1H3,(H,11,14)/b8-6-. The van der Waals surface area contributed by atoms with Crippen LogP contribution in [0.3, 0.4) is 0 Å². The number of nitrogens with one attached hydrogen (secondary N) is 1. The van der Waals surface area contributed by atoms with E-state index in [4.69, 9.17) is 0 Å². The predicted octanol–water partition coefficient (Wildman–Crippen LogP) is 1.66. The van der Waals surface area contributed by atoms with Crippen molar-refractivity contribution in [2.24, 2.45) is 0 Å². The summed E-state index contributed by atoms with van der Waals surface area (Å²) in [4.78, 5) is 25.1. The average molecular weight is 222 g/mol. The normalized spacial score (nSPS) is 18.7. The topological polar surface area (TPSA) is 49.4 Å². The lowest BCUT2D eigenvalue weighted by Gasteiger charge is -2.05. The highest BCUT2D eigenvalue weighted by Crippen LogP contribution is 2.16. The van der Waals surface area contributed by atoms with Crippen LogP contribution in [-0.4, -0.2) is 23.4 Å². The van der Waals surface area contributed by atoms with Crippen molar-refractivity contribution in [3.8, 4) is 0 Å². The fourth-order valence-electron chi connectivity index (χ4n) is 1.37. The number of imide groups is 1. The van der Waals surface area contributed by atoms with Gasteiger partial charge in [-0.15, -0.1) is 11.3 Å². The Morgan fingerprint density at radius 1 is 1.53 bits per heavy atom. The average Bonchev–Trinajstić information content (AvgIpc) is 2.78. The Hall–Kier alpha value is -1.62. The molecule has 0 unspecified atom stereocenters. The third kappa shape index (κ3) is 1.78. The monoisotopic (exact) mass is 222 g/mol. The number of hydrogen-bond donors (Lipinski definition) is 1. The number of hydrogen-bond acceptors (Lipinski definition) is 3. The fourth-order valence-corrected chi connectivity index (χ4v) is 2.03. The minimum Gasteiger partial charge on any atom is -0.303 e. The van der Waals surface area contributed by atoms with Crippen molar-refractivity contribution < 1.29 is 9.59 Å². The van der Waals surface area contributed by atoms with E-state index in [0.717, 1.165) is 4.88 Å². The highest BCUT2D eigenvalue weighted by molar-refractivity contribution is 7.10. The van der Waals surface area contributed by atoms with Gasteiger partial charge in [-0.25, -0.2) is 4.79 Å². The van der Waals surface area contributed by atoms with Gasteiger partial charge in [-0.3, -0.25) is 9.69 Å². The number of amides is 3. The molecule has 1 N–H and O–H groups in total. The molecule has 1 aliphatic heterocycles. The second-order valence-corrected chi connectivity index (χ2v) is 4.03. The molecule has 0 saturated carbocycles. The number of nitrogens with zero attached hydrogens (tertiary/aromatic N) is 1. The molecule has 0 aliphatic carbocycles. The van der Waals surface area contributed by atoms with Crippen molar-refractivity contribution in [1.29, 1.82) is 0 Å². The van der Waals surface area contributed by atoms with Gasteiger partial charge in [0.25, 0.3) is 5.91 Å². The SMILES string of the molecule is CCN1C(=O)N/C(=C\c2cccs2)C1=O. The first-order valence-electron chi connectivity index (χ1n) is 4.60. The van der Waals surface area contributed by atoms with Crippen LogP contribution in [-0.2, 0) is 4.79 Å². The van der Waals surface area contributed by atoms with E-state index < -0.39 is 0 Å². The number of rotatable bonds is 2. The van der Waals surface area contributed by atoms with Crippen molar-refractivity contribution in [2.45, 2.75) is 6.92 Å². The summed E-state index contributed by atoms with van der Waals surface area (Å²) in [6, 6.07) is 3.45. The van der Waals surface area contributed by atoms with Gasteiger partial charge in [-0.1, -0.05) is 6.07 Å². The van der Waals surface area contributed by atoms with E-state index in [1.165, 1.54) is 16.2 Å². The molecule has 3 amide bonds. The Bertz CT molecular complexity index is 423. The first-order chi connectivity index (χ1) is 7.22. The number of carbonyl (C=O) groups excluding carboxylic acids is 2. The maximum atomic E-state index is 11.7. The first kappa shape index (κ1) is 9.92. The summed E-state index contributed by atoms with van der Waals surface area (Å²) < 4.78 is 0. The van der Waals surface area contributed by atoms with E-state index in [-0.39, 0.29) is 11.9 Å². The van der Waals surface area contributed by atoms with Crippen LogP contribution in [0.2, 0.25) is 0 Å². The molecule has 15 heavy (non-hydrogen) atoms. The van der Waals surface area contributed by atoms with Crippen molar-refractivity contribution in [3.05, 3.63) is 28.1 Å². The van der Waals surface area contributed by atoms with Crippen LogP contribution in [0.1, 0.15) is 11.8 Å². The molecule has 1 aromatic rings. The lowest BCUT2D eigenvalue weighted by molar-refractivity contribution is -0.122. The largest absolute Gasteiger partial charge is 0.328 e. The maximum Gasteiger partial charge on any atom is 0.328 e. The zero-order valence-electron chi connectivity index (χ0n) is 8.19. The predicted molar refractivity (Wildman–Crippen MR) is 58.2 cm³/mol. The van der Waals surface area contributed by atoms with Gasteiger partial charge >= 0.3 is 6.03 Å². The van der Waals surface area contributed by atoms with Gasteiger partial charge in [0.05, 0.1) is 0 Å². The summed E-state index contributed by atoms with van der Waals surface area (Å²) in [5.74, 6) is -0.254. The number of likely N-dealkylation sites (N-methyl/N-ethyl adjacent to an activating group) is 1. The van der Waals surface area contributed by atoms with E-state index in [0.29, 0.717) is 12.2 Å². The van der Waals surface area contributed by atoms with Gasteiger partial charge in [-0.2, -0.15) is 0 Å². The summed E-state index contributed by atoms with van der Waals surface area (Å²) in [6.07, 6.45) is 1.69. The Labute approximate surface area is 91.2 Å². The molecule has 78 valence electrons. The molecule has 1 saturated heterocycles. The molecule has 0 bridgehead atoms. The molecule has 1 aromatic heterocycles. The van der Waals surface area contributed by atoms with E-state index in [1.807, 2.05) is 17.5 Å². The summed E-state index contributed by atoms with van der Waals surface area (Å²) in [6.45, 7) is 2.16. The Morgan fingerprint density at radius 2 is 2.33 bits per heavy atom. The molecule has 1 aliphatic rings. The zero-order chi connectivity index (χ0) is 10.8. The molecule has 0 radical (unpaired) electrons. The lowest BCUT2D eigenvalue weighted by Crippen LogP contribution is -2.30. The van der Waals surface area contributed by atoms with Crippen molar-refractivity contribution in [3.63, 3.8) is 0 Å². The molecule has 2 rings (SSSR count). The van der Waals surface area contributed by atoms with Crippen LogP contribution in [0.4, 0.5) is 4.79 Å². The fraction of sp³-hybridized carbons (Fsp3) is 0.200. The quantitative estimate of drug-likeness (QED) is 0.611. The van der Waals surface area contributed by atoms with Gasteiger partial charge in [0.1, 0.15) is 5.70 Å². The van der Waals surface area contributed by atoms with Crippen molar-refractivity contribution in [2.75, 3.05) is 6.54 Å². The second kappa shape index (κ2) is 3.86. The van der Waals surface area contributed by atoms with Crippen molar-refractivity contribution in [1.82, 2.24) is 10.2 Å². The minimum absolute atomic E-state index is 0.254. The molecule has 1 fully saturated rings. The Morgan fingerprint density at radius 3 is 2.87 bits per heavy atom. The van der Waals surface area contributed by atoms with Gasteiger partial charge in [-0.05, 0) is 24.4 Å². The van der Waals surface area contributed by atoms with E-state index in [9.17, 15) is 9.59 Å². The minimum atomic E-state index is -0.342. The summed E-state index contributed by atoms with van der Waals surface area (Å²) >= 11 is 1.52. The molecule has 2 heterocycles. The van der Waals surface area contributed by atoms with E-state index in [2.05, 4.69) is 5.32 Å². The van der Waals surface area contributed by atoms with E-state index >= 15 is 0 Å². The first-order valence-corrected chi connectivity index (χ1v) is 5.48. The molecular formula is C10H10N2O2S. The van der Waals surface area contributed by atoms with Crippen LogP contribution in [0.15, 0.2) is 23.2 Å². The van der Waals surface area contributed by atoms with Crippen molar-refractivity contribution >= 4 is 29.4 Å². The van der Waals surface area contributed by atoms with Crippen LogP contribution in [0.25, 0.3) is 6.08 Å². The molecule has 5 heteroatoms. The molecule has 0 spiro atoms. The molecule has 0 atom stereocenters.